The van der Waals surface area contributed by atoms with Crippen LogP contribution in [0.25, 0.3) is 10.4 Å². The first kappa shape index (κ1) is 11.6. The van der Waals surface area contributed by atoms with Gasteiger partial charge in [-0.2, -0.15) is 0 Å². The van der Waals surface area contributed by atoms with Crippen molar-refractivity contribution < 1.29 is 9.90 Å². The van der Waals surface area contributed by atoms with Crippen molar-refractivity contribution in [3.63, 3.8) is 0 Å². The van der Waals surface area contributed by atoms with Crippen molar-refractivity contribution in [2.75, 3.05) is 0 Å². The van der Waals surface area contributed by atoms with Crippen molar-refractivity contribution in [3.05, 3.63) is 45.7 Å². The van der Waals surface area contributed by atoms with E-state index in [2.05, 4.69) is 0 Å². The first-order valence-electron chi connectivity index (χ1n) is 5.04. The molecule has 0 saturated heterocycles. The normalized spacial score (nSPS) is 10.4. The number of carboxylic acid groups (broad SMARTS) is 1. The van der Waals surface area contributed by atoms with Gasteiger partial charge in [0.2, 0.25) is 0 Å². The van der Waals surface area contributed by atoms with Gasteiger partial charge < -0.3 is 9.67 Å². The molecule has 0 aliphatic rings. The van der Waals surface area contributed by atoms with E-state index in [4.69, 9.17) is 5.11 Å². The molecule has 5 heteroatoms. The fourth-order valence-electron chi connectivity index (χ4n) is 1.59. The van der Waals surface area contributed by atoms with Crippen molar-refractivity contribution in [1.29, 1.82) is 0 Å². The molecule has 88 valence electrons. The van der Waals surface area contributed by atoms with E-state index in [1.165, 1.54) is 16.8 Å². The lowest BCUT2D eigenvalue weighted by atomic mass is 10.1. The number of thiophene rings is 1. The minimum Gasteiger partial charge on any atom is -0.480 e. The van der Waals surface area contributed by atoms with Crippen LogP contribution < -0.4 is 5.56 Å². The second-order valence-corrected chi connectivity index (χ2v) is 4.62. The van der Waals surface area contributed by atoms with E-state index in [-0.39, 0.29) is 12.1 Å². The highest BCUT2D eigenvalue weighted by atomic mass is 32.1. The molecular weight excluding hydrogens is 238 g/mol. The third-order valence-electron chi connectivity index (χ3n) is 2.43. The fourth-order valence-corrected chi connectivity index (χ4v) is 2.52. The summed E-state index contributed by atoms with van der Waals surface area (Å²) in [6.07, 6.45) is 1.52. The van der Waals surface area contributed by atoms with E-state index in [1.807, 2.05) is 18.4 Å². The third kappa shape index (κ3) is 2.45. The fraction of sp³-hybridized carbons (Fsp3) is 0.167. The Kier molecular flexibility index (Phi) is 3.10. The minimum atomic E-state index is -1.02. The quantitative estimate of drug-likeness (QED) is 0.904. The van der Waals surface area contributed by atoms with Crippen LogP contribution in [0.3, 0.4) is 0 Å². The summed E-state index contributed by atoms with van der Waals surface area (Å²) in [4.78, 5) is 23.3. The highest BCUT2D eigenvalue weighted by molar-refractivity contribution is 7.13. The summed E-state index contributed by atoms with van der Waals surface area (Å²) < 4.78 is 1.18. The monoisotopic (exact) mass is 249 g/mol. The molecule has 2 aromatic rings. The summed E-state index contributed by atoms with van der Waals surface area (Å²) in [5.41, 5.74) is 1.66. The van der Waals surface area contributed by atoms with E-state index in [0.29, 0.717) is 0 Å². The minimum absolute atomic E-state index is 0.294. The number of hydrogen-bond acceptors (Lipinski definition) is 3. The number of aryl methyl sites for hydroxylation is 1. The van der Waals surface area contributed by atoms with Gasteiger partial charge >= 0.3 is 5.97 Å². The van der Waals surface area contributed by atoms with Crippen LogP contribution in [0.4, 0.5) is 0 Å². The molecule has 0 atom stereocenters. The van der Waals surface area contributed by atoms with Crippen molar-refractivity contribution in [1.82, 2.24) is 4.57 Å². The van der Waals surface area contributed by atoms with Gasteiger partial charge in [0.25, 0.3) is 5.56 Å². The van der Waals surface area contributed by atoms with Crippen LogP contribution in [-0.2, 0) is 11.3 Å². The predicted molar refractivity (Wildman–Crippen MR) is 66.4 cm³/mol. The van der Waals surface area contributed by atoms with Gasteiger partial charge in [-0.05, 0) is 35.6 Å². The smallest absolute Gasteiger partial charge is 0.323 e. The Morgan fingerprint density at radius 3 is 2.76 bits per heavy atom. The summed E-state index contributed by atoms with van der Waals surface area (Å²) in [6.45, 7) is 1.68. The van der Waals surface area contributed by atoms with Gasteiger partial charge in [-0.25, -0.2) is 0 Å². The number of aliphatic carboxylic acids is 1. The van der Waals surface area contributed by atoms with Crippen molar-refractivity contribution >= 4 is 17.3 Å². The Morgan fingerprint density at radius 1 is 1.47 bits per heavy atom. The molecule has 0 bridgehead atoms. The number of nitrogens with zero attached hydrogens (tertiary/aromatic N) is 1. The molecule has 0 unspecified atom stereocenters. The summed E-state index contributed by atoms with van der Waals surface area (Å²) in [5.74, 6) is -1.02. The summed E-state index contributed by atoms with van der Waals surface area (Å²) in [7, 11) is 0. The van der Waals surface area contributed by atoms with E-state index in [1.54, 1.807) is 17.4 Å². The summed E-state index contributed by atoms with van der Waals surface area (Å²) in [5, 5.41) is 10.6. The molecule has 1 N–H and O–H groups in total. The first-order chi connectivity index (χ1) is 8.08. The number of rotatable bonds is 3. The molecular formula is C12H11NO3S. The maximum atomic E-state index is 11.7. The average molecular weight is 249 g/mol. The van der Waals surface area contributed by atoms with Crippen LogP contribution in [0.5, 0.6) is 0 Å². The molecule has 0 saturated carbocycles. The predicted octanol–water partition coefficient (Wildman–Crippen LogP) is 1.97. The number of carbonyl (C=O) groups is 1. The molecule has 0 aromatic carbocycles. The van der Waals surface area contributed by atoms with Crippen LogP contribution in [0, 0.1) is 6.92 Å². The highest BCUT2D eigenvalue weighted by Crippen LogP contribution is 2.27. The number of hydrogen-bond donors (Lipinski definition) is 1. The Labute approximate surface area is 102 Å². The lowest BCUT2D eigenvalue weighted by Crippen LogP contribution is -2.22. The van der Waals surface area contributed by atoms with Crippen molar-refractivity contribution in [2.45, 2.75) is 13.5 Å². The molecule has 2 heterocycles. The van der Waals surface area contributed by atoms with Gasteiger partial charge in [0.15, 0.2) is 0 Å². The van der Waals surface area contributed by atoms with E-state index >= 15 is 0 Å². The SMILES string of the molecule is Cc1ccsc1-c1ccn(CC(=O)O)c(=O)c1. The molecule has 0 fully saturated rings. The zero-order chi connectivity index (χ0) is 12.4. The summed E-state index contributed by atoms with van der Waals surface area (Å²) in [6, 6.07) is 5.23. The molecule has 2 rings (SSSR count). The maximum absolute atomic E-state index is 11.7. The number of pyridine rings is 1. The molecule has 17 heavy (non-hydrogen) atoms. The third-order valence-corrected chi connectivity index (χ3v) is 3.49. The standard InChI is InChI=1S/C12H11NO3S/c1-8-3-5-17-12(8)9-2-4-13(7-11(15)16)10(14)6-9/h2-6H,7H2,1H3,(H,15,16). The van der Waals surface area contributed by atoms with Gasteiger partial charge in [-0.1, -0.05) is 0 Å². The van der Waals surface area contributed by atoms with Gasteiger partial charge in [0.1, 0.15) is 6.54 Å². The molecule has 4 nitrogen and oxygen atoms in total. The molecule has 0 aliphatic heterocycles. The Morgan fingerprint density at radius 2 is 2.24 bits per heavy atom. The zero-order valence-corrected chi connectivity index (χ0v) is 10.0. The summed E-state index contributed by atoms with van der Waals surface area (Å²) >= 11 is 1.57. The van der Waals surface area contributed by atoms with Crippen LogP contribution in [0.15, 0.2) is 34.6 Å². The molecule has 0 radical (unpaired) electrons. The Hall–Kier alpha value is -1.88. The molecule has 0 aliphatic carbocycles. The van der Waals surface area contributed by atoms with Crippen LogP contribution >= 0.6 is 11.3 Å². The van der Waals surface area contributed by atoms with Gasteiger partial charge in [0, 0.05) is 17.1 Å². The Bertz CT molecular complexity index is 612. The van der Waals surface area contributed by atoms with Crippen LogP contribution in [0.1, 0.15) is 5.56 Å². The van der Waals surface area contributed by atoms with E-state index in [9.17, 15) is 9.59 Å². The Balaban J connectivity index is 2.41. The maximum Gasteiger partial charge on any atom is 0.323 e. The van der Waals surface area contributed by atoms with Gasteiger partial charge in [-0.3, -0.25) is 9.59 Å². The van der Waals surface area contributed by atoms with Gasteiger partial charge in [0.05, 0.1) is 0 Å². The molecule has 2 aromatic heterocycles. The second kappa shape index (κ2) is 4.55. The molecule has 0 spiro atoms. The largest absolute Gasteiger partial charge is 0.480 e. The average Bonchev–Trinajstić information content (AvgIpc) is 2.67. The van der Waals surface area contributed by atoms with E-state index in [0.717, 1.165) is 16.0 Å². The lowest BCUT2D eigenvalue weighted by Gasteiger charge is -2.04. The number of aromatic nitrogens is 1. The van der Waals surface area contributed by atoms with Gasteiger partial charge in [-0.15, -0.1) is 11.3 Å². The van der Waals surface area contributed by atoms with Crippen molar-refractivity contribution in [2.24, 2.45) is 0 Å². The van der Waals surface area contributed by atoms with Crippen LogP contribution in [-0.4, -0.2) is 15.6 Å². The first-order valence-corrected chi connectivity index (χ1v) is 5.92. The second-order valence-electron chi connectivity index (χ2n) is 3.71. The number of carboxylic acids is 1. The van der Waals surface area contributed by atoms with Crippen molar-refractivity contribution in [3.8, 4) is 10.4 Å². The molecule has 0 amide bonds. The topological polar surface area (TPSA) is 59.3 Å². The van der Waals surface area contributed by atoms with E-state index < -0.39 is 5.97 Å². The lowest BCUT2D eigenvalue weighted by molar-refractivity contribution is -0.137. The van der Waals surface area contributed by atoms with Crippen LogP contribution in [0.2, 0.25) is 0 Å². The zero-order valence-electron chi connectivity index (χ0n) is 9.21. The highest BCUT2D eigenvalue weighted by Gasteiger charge is 2.06.